The van der Waals surface area contributed by atoms with Crippen LogP contribution >= 0.6 is 11.6 Å². The second-order valence-electron chi connectivity index (χ2n) is 4.08. The molecule has 3 N–H and O–H groups in total. The van der Waals surface area contributed by atoms with E-state index in [1.165, 1.54) is 0 Å². The third-order valence-electron chi connectivity index (χ3n) is 2.79. The fourth-order valence-electron chi connectivity index (χ4n) is 1.47. The van der Waals surface area contributed by atoms with Gasteiger partial charge in [-0.2, -0.15) is 0 Å². The van der Waals surface area contributed by atoms with Gasteiger partial charge in [0.05, 0.1) is 10.7 Å². The molecule has 3 nitrogen and oxygen atoms in total. The highest BCUT2D eigenvalue weighted by molar-refractivity contribution is 6.32. The molecular weight excluding hydrogens is 222 g/mol. The quantitative estimate of drug-likeness (QED) is 0.795. The van der Waals surface area contributed by atoms with Crippen molar-refractivity contribution >= 4 is 17.4 Å². The van der Waals surface area contributed by atoms with Crippen LogP contribution in [-0.2, 0) is 0 Å². The maximum Gasteiger partial charge on any atom is 0.106 e. The van der Waals surface area contributed by atoms with E-state index in [-0.39, 0.29) is 5.92 Å². The maximum atomic E-state index is 6.14. The summed E-state index contributed by atoms with van der Waals surface area (Å²) >= 11 is 6.14. The van der Waals surface area contributed by atoms with Crippen LogP contribution in [0, 0.1) is 5.92 Å². The van der Waals surface area contributed by atoms with Gasteiger partial charge in [-0.1, -0.05) is 25.4 Å². The van der Waals surface area contributed by atoms with E-state index >= 15 is 0 Å². The Morgan fingerprint density at radius 3 is 2.81 bits per heavy atom. The normalized spacial score (nSPS) is 22.8. The largest absolute Gasteiger partial charge is 0.387 e. The average molecular weight is 242 g/mol. The summed E-state index contributed by atoms with van der Waals surface area (Å²) in [6.45, 7) is 6.35. The number of hydrogen-bond acceptors (Lipinski definition) is 3. The van der Waals surface area contributed by atoms with Crippen LogP contribution < -0.4 is 11.1 Å². The summed E-state index contributed by atoms with van der Waals surface area (Å²) in [5.74, 6) is 0.792. The second kappa shape index (κ2) is 5.94. The molecule has 1 aliphatic rings. The smallest absolute Gasteiger partial charge is 0.106 e. The highest BCUT2D eigenvalue weighted by atomic mass is 35.5. The van der Waals surface area contributed by atoms with Gasteiger partial charge in [-0.25, -0.2) is 4.99 Å². The lowest BCUT2D eigenvalue weighted by Crippen LogP contribution is -2.26. The maximum absolute atomic E-state index is 6.14. The van der Waals surface area contributed by atoms with Crippen molar-refractivity contribution in [2.75, 3.05) is 0 Å². The fraction of sp³-hybridized carbons (Fsp3) is 0.583. The minimum atomic E-state index is 0.166. The van der Waals surface area contributed by atoms with Crippen molar-refractivity contribution in [1.29, 1.82) is 0 Å². The molecule has 16 heavy (non-hydrogen) atoms. The van der Waals surface area contributed by atoms with Gasteiger partial charge in [-0.15, -0.1) is 0 Å². The van der Waals surface area contributed by atoms with Gasteiger partial charge in [0.25, 0.3) is 0 Å². The van der Waals surface area contributed by atoms with Crippen molar-refractivity contribution in [3.8, 4) is 0 Å². The molecule has 4 heteroatoms. The van der Waals surface area contributed by atoms with Gasteiger partial charge in [0.2, 0.25) is 0 Å². The van der Waals surface area contributed by atoms with Crippen LogP contribution in [0.4, 0.5) is 0 Å². The Balaban J connectivity index is 2.89. The monoisotopic (exact) mass is 241 g/mol. The Labute approximate surface area is 102 Å². The van der Waals surface area contributed by atoms with E-state index in [1.807, 2.05) is 0 Å². The highest BCUT2D eigenvalue weighted by Crippen LogP contribution is 2.20. The Kier molecular flexibility index (Phi) is 4.87. The summed E-state index contributed by atoms with van der Waals surface area (Å²) in [5, 5.41) is 4.00. The molecule has 0 amide bonds. The summed E-state index contributed by atoms with van der Waals surface area (Å²) in [4.78, 5) is 4.15. The first-order chi connectivity index (χ1) is 7.58. The van der Waals surface area contributed by atoms with Gasteiger partial charge in [0, 0.05) is 18.2 Å². The van der Waals surface area contributed by atoms with E-state index in [1.54, 1.807) is 6.20 Å². The summed E-state index contributed by atoms with van der Waals surface area (Å²) < 4.78 is 0. The molecule has 0 bridgehead atoms. The standard InChI is InChI=1S/C12H20ClN3/c1-4-8(3)16-11-6-9(5-2)12(14)15-7-10(11)13/h6-9,16H,4-5H2,1-3H3,(H2,14,15). The minimum absolute atomic E-state index is 0.166. The number of amidine groups is 1. The number of nitrogens with one attached hydrogen (secondary N) is 1. The van der Waals surface area contributed by atoms with Crippen molar-refractivity contribution < 1.29 is 0 Å². The lowest BCUT2D eigenvalue weighted by Gasteiger charge is -2.17. The summed E-state index contributed by atoms with van der Waals surface area (Å²) in [5.41, 5.74) is 6.79. The van der Waals surface area contributed by atoms with Crippen LogP contribution in [0.2, 0.25) is 0 Å². The molecule has 0 radical (unpaired) electrons. The summed E-state index contributed by atoms with van der Waals surface area (Å²) in [6, 6.07) is 0.394. The summed E-state index contributed by atoms with van der Waals surface area (Å²) in [7, 11) is 0. The van der Waals surface area contributed by atoms with Crippen LogP contribution in [0.15, 0.2) is 28.0 Å². The topological polar surface area (TPSA) is 50.4 Å². The van der Waals surface area contributed by atoms with E-state index in [2.05, 4.69) is 37.2 Å². The molecule has 0 aromatic carbocycles. The predicted octanol–water partition coefficient (Wildman–Crippen LogP) is 2.74. The molecule has 0 saturated heterocycles. The molecule has 0 aromatic heterocycles. The molecule has 90 valence electrons. The zero-order chi connectivity index (χ0) is 12.1. The zero-order valence-corrected chi connectivity index (χ0v) is 10.9. The molecule has 1 rings (SSSR count). The molecule has 0 aliphatic carbocycles. The Bertz CT molecular complexity index is 331. The molecule has 0 aromatic rings. The van der Waals surface area contributed by atoms with Crippen molar-refractivity contribution in [2.45, 2.75) is 39.7 Å². The number of nitrogens with two attached hydrogens (primary N) is 1. The van der Waals surface area contributed by atoms with Crippen molar-refractivity contribution in [1.82, 2.24) is 5.32 Å². The fourth-order valence-corrected chi connectivity index (χ4v) is 1.64. The Morgan fingerprint density at radius 2 is 2.25 bits per heavy atom. The third-order valence-corrected chi connectivity index (χ3v) is 3.09. The first kappa shape index (κ1) is 13.1. The first-order valence-electron chi connectivity index (χ1n) is 5.76. The van der Waals surface area contributed by atoms with E-state index < -0.39 is 0 Å². The lowest BCUT2D eigenvalue weighted by atomic mass is 10.0. The summed E-state index contributed by atoms with van der Waals surface area (Å²) in [6.07, 6.45) is 5.66. The molecule has 1 heterocycles. The highest BCUT2D eigenvalue weighted by Gasteiger charge is 2.15. The van der Waals surface area contributed by atoms with E-state index in [0.29, 0.717) is 16.9 Å². The van der Waals surface area contributed by atoms with Crippen LogP contribution in [0.25, 0.3) is 0 Å². The molecule has 2 atom stereocenters. The van der Waals surface area contributed by atoms with Gasteiger partial charge in [0.15, 0.2) is 0 Å². The Hall–Kier alpha value is -0.960. The molecule has 0 spiro atoms. The molecule has 2 unspecified atom stereocenters. The van der Waals surface area contributed by atoms with Gasteiger partial charge in [-0.05, 0) is 25.8 Å². The molecule has 0 saturated carbocycles. The minimum Gasteiger partial charge on any atom is -0.387 e. The van der Waals surface area contributed by atoms with Crippen LogP contribution in [-0.4, -0.2) is 11.9 Å². The SMILES string of the molecule is CCC(C)NC1=CC(CC)C(N)=NC=C1Cl. The van der Waals surface area contributed by atoms with Gasteiger partial charge >= 0.3 is 0 Å². The van der Waals surface area contributed by atoms with Crippen molar-refractivity contribution in [2.24, 2.45) is 16.6 Å². The number of nitrogens with zero attached hydrogens (tertiary/aromatic N) is 1. The molecular formula is C12H20ClN3. The number of halogens is 1. The van der Waals surface area contributed by atoms with E-state index in [9.17, 15) is 0 Å². The zero-order valence-electron chi connectivity index (χ0n) is 10.1. The van der Waals surface area contributed by atoms with Crippen molar-refractivity contribution in [3.05, 3.63) is 23.0 Å². The van der Waals surface area contributed by atoms with Gasteiger partial charge in [0.1, 0.15) is 5.84 Å². The first-order valence-corrected chi connectivity index (χ1v) is 6.13. The third kappa shape index (κ3) is 3.27. The van der Waals surface area contributed by atoms with Crippen molar-refractivity contribution in [3.63, 3.8) is 0 Å². The van der Waals surface area contributed by atoms with Crippen LogP contribution in [0.3, 0.4) is 0 Å². The lowest BCUT2D eigenvalue weighted by molar-refractivity contribution is 0.598. The number of hydrogen-bond donors (Lipinski definition) is 2. The number of aliphatic imine (C=N–C) groups is 1. The number of allylic oxidation sites excluding steroid dienone is 1. The van der Waals surface area contributed by atoms with Crippen LogP contribution in [0.1, 0.15) is 33.6 Å². The average Bonchev–Trinajstić information content (AvgIpc) is 2.41. The van der Waals surface area contributed by atoms with E-state index in [0.717, 1.165) is 18.5 Å². The second-order valence-corrected chi connectivity index (χ2v) is 4.49. The predicted molar refractivity (Wildman–Crippen MR) is 70.3 cm³/mol. The molecule has 0 fully saturated rings. The molecule has 1 aliphatic heterocycles. The van der Waals surface area contributed by atoms with Gasteiger partial charge < -0.3 is 11.1 Å². The van der Waals surface area contributed by atoms with Crippen LogP contribution in [0.5, 0.6) is 0 Å². The Morgan fingerprint density at radius 1 is 1.56 bits per heavy atom. The van der Waals surface area contributed by atoms with Gasteiger partial charge in [-0.3, -0.25) is 0 Å². The number of rotatable bonds is 4. The van der Waals surface area contributed by atoms with E-state index in [4.69, 9.17) is 17.3 Å².